The van der Waals surface area contributed by atoms with E-state index in [0.717, 1.165) is 95.8 Å². The predicted octanol–water partition coefficient (Wildman–Crippen LogP) is 19.2. The van der Waals surface area contributed by atoms with Gasteiger partial charge in [0.2, 0.25) is 0 Å². The lowest BCUT2D eigenvalue weighted by atomic mass is 9.99. The Morgan fingerprint density at radius 3 is 0.874 bits per heavy atom. The van der Waals surface area contributed by atoms with Crippen molar-refractivity contribution < 1.29 is 80.2 Å². The summed E-state index contributed by atoms with van der Waals surface area (Å²) in [5, 5.41) is 10.6. The van der Waals surface area contributed by atoms with Gasteiger partial charge in [-0.1, -0.05) is 292 Å². The molecule has 0 heterocycles. The standard InChI is InChI=1S/C68H132O17P2/c1-7-10-12-14-16-18-23-28-32-39-45-51-66(71)79-56-63(84-67(72)52-46-40-33-29-25-22-20-19-21-24-27-30-37-43-49-61(6)9-3)58-82-86(74,75)80-54-62(69)55-81-87(76,77)83-59-64(85-68(73)53-47-41-35-34-36-42-48-60(4)5)57-78-65(70)50-44-38-31-26-17-15-13-11-8-2/h60-64,69H,7-59H2,1-6H3,(H,74,75)(H,76,77)/t61?,62-,63-,64-/m1/s1. The molecule has 3 N–H and O–H groups in total. The summed E-state index contributed by atoms with van der Waals surface area (Å²) in [5.41, 5.74) is 0. The third kappa shape index (κ3) is 61.3. The van der Waals surface area contributed by atoms with Crippen LogP contribution in [0.5, 0.6) is 0 Å². The molecule has 3 unspecified atom stereocenters. The highest BCUT2D eigenvalue weighted by molar-refractivity contribution is 7.47. The molecule has 0 radical (unpaired) electrons. The number of hydrogen-bond donors (Lipinski definition) is 3. The lowest BCUT2D eigenvalue weighted by Crippen LogP contribution is -2.30. The van der Waals surface area contributed by atoms with Crippen LogP contribution in [0.4, 0.5) is 0 Å². The number of aliphatic hydroxyl groups is 1. The number of carbonyl (C=O) groups is 4. The van der Waals surface area contributed by atoms with E-state index in [1.54, 1.807) is 0 Å². The molecule has 17 nitrogen and oxygen atoms in total. The second-order valence-electron chi connectivity index (χ2n) is 25.3. The van der Waals surface area contributed by atoms with Gasteiger partial charge in [0.05, 0.1) is 26.4 Å². The van der Waals surface area contributed by atoms with Gasteiger partial charge in [0.15, 0.2) is 12.2 Å². The molecule has 0 bridgehead atoms. The van der Waals surface area contributed by atoms with E-state index in [4.69, 9.17) is 37.0 Å². The van der Waals surface area contributed by atoms with Crippen LogP contribution in [0.2, 0.25) is 0 Å². The molecule has 0 fully saturated rings. The van der Waals surface area contributed by atoms with Gasteiger partial charge in [-0.2, -0.15) is 0 Å². The van der Waals surface area contributed by atoms with Gasteiger partial charge in [-0.3, -0.25) is 37.3 Å². The first-order valence-electron chi connectivity index (χ1n) is 35.5. The smallest absolute Gasteiger partial charge is 0.462 e. The number of esters is 4. The molecule has 516 valence electrons. The van der Waals surface area contributed by atoms with Gasteiger partial charge in [-0.05, 0) is 37.5 Å². The SMILES string of the molecule is CCCCCCCCCCCCCC(=O)OC[C@H](COP(=O)(O)OC[C@@H](O)COP(=O)(O)OC[C@@H](COC(=O)CCCCCCCCCCC)OC(=O)CCCCCCCCC(C)C)OC(=O)CCCCCCCCCCCCCCCCC(C)CC. The molecule has 0 aliphatic carbocycles. The van der Waals surface area contributed by atoms with Crippen molar-refractivity contribution in [3.05, 3.63) is 0 Å². The van der Waals surface area contributed by atoms with E-state index in [1.165, 1.54) is 161 Å². The van der Waals surface area contributed by atoms with E-state index in [0.29, 0.717) is 31.6 Å². The molecule has 0 aromatic rings. The molecule has 0 aliphatic rings. The lowest BCUT2D eigenvalue weighted by Gasteiger charge is -2.21. The summed E-state index contributed by atoms with van der Waals surface area (Å²) in [6, 6.07) is 0. The number of ether oxygens (including phenoxy) is 4. The minimum atomic E-state index is -4.95. The fourth-order valence-electron chi connectivity index (χ4n) is 10.2. The van der Waals surface area contributed by atoms with Crippen molar-refractivity contribution >= 4 is 39.5 Å². The first kappa shape index (κ1) is 85.1. The van der Waals surface area contributed by atoms with Crippen molar-refractivity contribution in [3.63, 3.8) is 0 Å². The Hall–Kier alpha value is -1.94. The van der Waals surface area contributed by atoms with E-state index in [1.807, 2.05) is 0 Å². The number of hydrogen-bond acceptors (Lipinski definition) is 15. The quantitative estimate of drug-likeness (QED) is 0.0222. The Kier molecular flexibility index (Phi) is 59.0. The van der Waals surface area contributed by atoms with E-state index < -0.39 is 97.5 Å². The molecule has 0 rings (SSSR count). The van der Waals surface area contributed by atoms with Crippen LogP contribution in [0, 0.1) is 11.8 Å². The molecule has 0 saturated carbocycles. The highest BCUT2D eigenvalue weighted by Gasteiger charge is 2.30. The summed E-state index contributed by atoms with van der Waals surface area (Å²) in [7, 11) is -9.89. The van der Waals surface area contributed by atoms with Crippen LogP contribution in [0.25, 0.3) is 0 Å². The zero-order valence-electron chi connectivity index (χ0n) is 56.3. The van der Waals surface area contributed by atoms with Crippen LogP contribution in [0.1, 0.15) is 343 Å². The second-order valence-corrected chi connectivity index (χ2v) is 28.2. The highest BCUT2D eigenvalue weighted by Crippen LogP contribution is 2.45. The van der Waals surface area contributed by atoms with E-state index >= 15 is 0 Å². The molecular weight excluding hydrogens is 1150 g/mol. The monoisotopic (exact) mass is 1280 g/mol. The van der Waals surface area contributed by atoms with Gasteiger partial charge < -0.3 is 33.8 Å². The molecule has 0 aromatic carbocycles. The van der Waals surface area contributed by atoms with Crippen LogP contribution >= 0.6 is 15.6 Å². The minimum Gasteiger partial charge on any atom is -0.462 e. The topological polar surface area (TPSA) is 237 Å². The zero-order chi connectivity index (χ0) is 64.3. The summed E-state index contributed by atoms with van der Waals surface area (Å²) < 4.78 is 68.1. The average molecular weight is 1280 g/mol. The van der Waals surface area contributed by atoms with E-state index in [2.05, 4.69) is 41.5 Å². The summed E-state index contributed by atoms with van der Waals surface area (Å²) >= 11 is 0. The van der Waals surface area contributed by atoms with Crippen molar-refractivity contribution in [2.24, 2.45) is 11.8 Å². The number of aliphatic hydroxyl groups excluding tert-OH is 1. The van der Waals surface area contributed by atoms with Crippen LogP contribution in [0.3, 0.4) is 0 Å². The second kappa shape index (κ2) is 60.3. The number of unbranched alkanes of at least 4 members (excludes halogenated alkanes) is 36. The molecule has 0 aliphatic heterocycles. The fourth-order valence-corrected chi connectivity index (χ4v) is 11.8. The summed E-state index contributed by atoms with van der Waals surface area (Å²) in [6.07, 6.45) is 44.5. The largest absolute Gasteiger partial charge is 0.472 e. The van der Waals surface area contributed by atoms with Crippen molar-refractivity contribution in [1.82, 2.24) is 0 Å². The van der Waals surface area contributed by atoms with Crippen LogP contribution in [0.15, 0.2) is 0 Å². The van der Waals surface area contributed by atoms with Gasteiger partial charge in [-0.25, -0.2) is 9.13 Å². The van der Waals surface area contributed by atoms with Crippen molar-refractivity contribution in [1.29, 1.82) is 0 Å². The number of phosphoric ester groups is 2. The molecule has 0 aromatic heterocycles. The molecule has 0 spiro atoms. The number of rotatable bonds is 67. The molecule has 19 heteroatoms. The summed E-state index contributed by atoms with van der Waals surface area (Å²) in [6.45, 7) is 9.47. The Morgan fingerprint density at radius 2 is 0.586 bits per heavy atom. The van der Waals surface area contributed by atoms with Gasteiger partial charge in [0.25, 0.3) is 0 Å². The summed E-state index contributed by atoms with van der Waals surface area (Å²) in [4.78, 5) is 72.3. The highest BCUT2D eigenvalue weighted by atomic mass is 31.2. The fraction of sp³-hybridized carbons (Fsp3) is 0.941. The van der Waals surface area contributed by atoms with Crippen LogP contribution < -0.4 is 0 Å². The predicted molar refractivity (Wildman–Crippen MR) is 349 cm³/mol. The van der Waals surface area contributed by atoms with Crippen molar-refractivity contribution in [2.75, 3.05) is 39.6 Å². The maximum absolute atomic E-state index is 13.0. The average Bonchev–Trinajstić information content (AvgIpc) is 3.70. The first-order valence-corrected chi connectivity index (χ1v) is 38.5. The van der Waals surface area contributed by atoms with Gasteiger partial charge in [0, 0.05) is 25.7 Å². The Morgan fingerprint density at radius 1 is 0.333 bits per heavy atom. The molecule has 6 atom stereocenters. The van der Waals surface area contributed by atoms with Gasteiger partial charge >= 0.3 is 39.5 Å². The maximum atomic E-state index is 13.0. The normalized spacial score (nSPS) is 14.5. The van der Waals surface area contributed by atoms with Crippen LogP contribution in [-0.4, -0.2) is 96.7 Å². The van der Waals surface area contributed by atoms with Gasteiger partial charge in [0.1, 0.15) is 19.3 Å². The molecule has 0 saturated heterocycles. The van der Waals surface area contributed by atoms with Crippen molar-refractivity contribution in [3.8, 4) is 0 Å². The summed E-state index contributed by atoms with van der Waals surface area (Å²) in [5.74, 6) is -0.617. The minimum absolute atomic E-state index is 0.102. The Labute approximate surface area is 530 Å². The van der Waals surface area contributed by atoms with Crippen LogP contribution in [-0.2, 0) is 65.4 Å². The number of phosphoric acid groups is 2. The van der Waals surface area contributed by atoms with E-state index in [-0.39, 0.29) is 25.7 Å². The Balaban J connectivity index is 5.19. The molecule has 0 amide bonds. The Bertz CT molecular complexity index is 1700. The van der Waals surface area contributed by atoms with Crippen molar-refractivity contribution in [2.45, 2.75) is 362 Å². The van der Waals surface area contributed by atoms with Gasteiger partial charge in [-0.15, -0.1) is 0 Å². The number of carbonyl (C=O) groups excluding carboxylic acids is 4. The van der Waals surface area contributed by atoms with E-state index in [9.17, 15) is 43.2 Å². The maximum Gasteiger partial charge on any atom is 0.472 e. The third-order valence-corrected chi connectivity index (χ3v) is 18.0. The third-order valence-electron chi connectivity index (χ3n) is 16.1. The molecule has 87 heavy (non-hydrogen) atoms. The first-order chi connectivity index (χ1) is 41.9. The zero-order valence-corrected chi connectivity index (χ0v) is 58.1. The molecular formula is C68H132O17P2. The lowest BCUT2D eigenvalue weighted by molar-refractivity contribution is -0.161.